The largest absolute Gasteiger partial charge is 0.493 e. The fraction of sp³-hybridized carbons (Fsp3) is 0.455. The third-order valence-corrected chi connectivity index (χ3v) is 5.07. The van der Waals surface area contributed by atoms with E-state index in [1.54, 1.807) is 11.0 Å². The average Bonchev–Trinajstić information content (AvgIpc) is 2.66. The lowest BCUT2D eigenvalue weighted by Crippen LogP contribution is -2.43. The van der Waals surface area contributed by atoms with Crippen LogP contribution in [-0.2, 0) is 0 Å². The zero-order valence-corrected chi connectivity index (χ0v) is 16.3. The van der Waals surface area contributed by atoms with Gasteiger partial charge in [-0.25, -0.2) is 0 Å². The minimum atomic E-state index is -0.302. The number of nitrogens with one attached hydrogen (secondary N) is 1. The monoisotopic (exact) mass is 368 g/mol. The minimum absolute atomic E-state index is 0.188. The Morgan fingerprint density at radius 3 is 2.81 bits per heavy atom. The van der Waals surface area contributed by atoms with E-state index in [1.165, 1.54) is 0 Å². The number of pyridine rings is 1. The molecule has 1 aromatic carbocycles. The zero-order chi connectivity index (χ0) is 19.4. The quantitative estimate of drug-likeness (QED) is 0.874. The van der Waals surface area contributed by atoms with E-state index in [-0.39, 0.29) is 28.9 Å². The summed E-state index contributed by atoms with van der Waals surface area (Å²) in [5.41, 5.74) is 1.93. The highest BCUT2D eigenvalue weighted by Gasteiger charge is 2.26. The number of hydrogen-bond acceptors (Lipinski definition) is 3. The number of likely N-dealkylation sites (tertiary alicyclic amines) is 1. The number of amides is 1. The van der Waals surface area contributed by atoms with Gasteiger partial charge in [0.1, 0.15) is 11.3 Å². The summed E-state index contributed by atoms with van der Waals surface area (Å²) in [4.78, 5) is 29.8. The van der Waals surface area contributed by atoms with Crippen LogP contribution in [0.2, 0.25) is 0 Å². The normalized spacial score (nSPS) is 17.2. The molecule has 1 aliphatic rings. The second-order valence-electron chi connectivity index (χ2n) is 7.70. The van der Waals surface area contributed by atoms with E-state index in [9.17, 15) is 9.59 Å². The van der Waals surface area contributed by atoms with Gasteiger partial charge in [0.25, 0.3) is 11.5 Å². The summed E-state index contributed by atoms with van der Waals surface area (Å²) in [6.45, 7) is 7.94. The molecule has 0 unspecified atom stereocenters. The Bertz CT molecular complexity index is 857. The number of benzene rings is 1. The molecule has 0 bridgehead atoms. The fourth-order valence-electron chi connectivity index (χ4n) is 3.47. The standard InChI is InChI=1S/C22H28N2O3/c1-15(2)20-10-9-19(21(25)23-20)22(26)24-11-5-7-17(13-24)14-27-18-8-4-6-16(3)12-18/h4,6,8-10,12,15,17H,5,7,11,13-14H2,1-3H3,(H,23,25)/t17-/m1/s1. The average molecular weight is 368 g/mol. The van der Waals surface area contributed by atoms with Gasteiger partial charge in [0.05, 0.1) is 6.61 Å². The van der Waals surface area contributed by atoms with Gasteiger partial charge in [-0.15, -0.1) is 0 Å². The van der Waals surface area contributed by atoms with Gasteiger partial charge in [0, 0.05) is 24.7 Å². The molecule has 27 heavy (non-hydrogen) atoms. The van der Waals surface area contributed by atoms with E-state index in [0.29, 0.717) is 19.7 Å². The highest BCUT2D eigenvalue weighted by Crippen LogP contribution is 2.21. The van der Waals surface area contributed by atoms with Crippen LogP contribution in [0.5, 0.6) is 5.75 Å². The molecule has 1 N–H and O–H groups in total. The number of H-pyrrole nitrogens is 1. The molecule has 2 aromatic rings. The number of piperidine rings is 1. The van der Waals surface area contributed by atoms with Crippen molar-refractivity contribution in [3.05, 3.63) is 63.6 Å². The van der Waals surface area contributed by atoms with Gasteiger partial charge in [-0.2, -0.15) is 0 Å². The van der Waals surface area contributed by atoms with Gasteiger partial charge >= 0.3 is 0 Å². The number of nitrogens with zero attached hydrogens (tertiary/aromatic N) is 1. The molecule has 1 aliphatic heterocycles. The first-order chi connectivity index (χ1) is 12.9. The van der Waals surface area contributed by atoms with Crippen LogP contribution in [-0.4, -0.2) is 35.5 Å². The summed E-state index contributed by atoms with van der Waals surface area (Å²) in [7, 11) is 0. The Balaban J connectivity index is 1.63. The van der Waals surface area contributed by atoms with E-state index in [2.05, 4.69) is 4.98 Å². The van der Waals surface area contributed by atoms with E-state index >= 15 is 0 Å². The molecule has 5 heteroatoms. The smallest absolute Gasteiger partial charge is 0.261 e. The van der Waals surface area contributed by atoms with E-state index in [1.807, 2.05) is 51.1 Å². The molecular weight excluding hydrogens is 340 g/mol. The van der Waals surface area contributed by atoms with Crippen molar-refractivity contribution >= 4 is 5.91 Å². The molecule has 1 amide bonds. The van der Waals surface area contributed by atoms with Gasteiger partial charge in [-0.1, -0.05) is 26.0 Å². The number of rotatable bonds is 5. The lowest BCUT2D eigenvalue weighted by Gasteiger charge is -2.32. The lowest BCUT2D eigenvalue weighted by atomic mass is 9.98. The highest BCUT2D eigenvalue weighted by molar-refractivity contribution is 5.93. The number of aryl methyl sites for hydroxylation is 1. The zero-order valence-electron chi connectivity index (χ0n) is 16.3. The van der Waals surface area contributed by atoms with Gasteiger partial charge in [-0.3, -0.25) is 9.59 Å². The van der Waals surface area contributed by atoms with Crippen LogP contribution < -0.4 is 10.3 Å². The second kappa shape index (κ2) is 8.42. The third kappa shape index (κ3) is 4.79. The highest BCUT2D eigenvalue weighted by atomic mass is 16.5. The number of hydrogen-bond donors (Lipinski definition) is 1. The molecule has 2 heterocycles. The molecule has 1 fully saturated rings. The minimum Gasteiger partial charge on any atom is -0.493 e. The van der Waals surface area contributed by atoms with Crippen LogP contribution in [0.25, 0.3) is 0 Å². The molecule has 1 atom stereocenters. The van der Waals surface area contributed by atoms with Gasteiger partial charge in [0.15, 0.2) is 0 Å². The Morgan fingerprint density at radius 1 is 1.30 bits per heavy atom. The van der Waals surface area contributed by atoms with Crippen LogP contribution in [0, 0.1) is 12.8 Å². The second-order valence-corrected chi connectivity index (χ2v) is 7.70. The molecule has 5 nitrogen and oxygen atoms in total. The molecular formula is C22H28N2O3. The Labute approximate surface area is 160 Å². The first-order valence-electron chi connectivity index (χ1n) is 9.66. The summed E-state index contributed by atoms with van der Waals surface area (Å²) < 4.78 is 5.92. The van der Waals surface area contributed by atoms with Crippen LogP contribution in [0.1, 0.15) is 54.2 Å². The van der Waals surface area contributed by atoms with Gasteiger partial charge < -0.3 is 14.6 Å². The van der Waals surface area contributed by atoms with Crippen molar-refractivity contribution in [1.82, 2.24) is 9.88 Å². The van der Waals surface area contributed by atoms with Gasteiger partial charge in [-0.05, 0) is 55.5 Å². The SMILES string of the molecule is Cc1cccc(OC[C@@H]2CCCN(C(=O)c3ccc(C(C)C)[nH]c3=O)C2)c1. The molecule has 0 aliphatic carbocycles. The van der Waals surface area contributed by atoms with Crippen molar-refractivity contribution in [2.75, 3.05) is 19.7 Å². The lowest BCUT2D eigenvalue weighted by molar-refractivity contribution is 0.0631. The molecule has 3 rings (SSSR count). The number of aromatic nitrogens is 1. The Morgan fingerprint density at radius 2 is 2.11 bits per heavy atom. The van der Waals surface area contributed by atoms with Gasteiger partial charge in [0.2, 0.25) is 0 Å². The van der Waals surface area contributed by atoms with E-state index < -0.39 is 0 Å². The predicted molar refractivity (Wildman–Crippen MR) is 106 cm³/mol. The Kier molecular flexibility index (Phi) is 5.99. The predicted octanol–water partition coefficient (Wildman–Crippen LogP) is 3.74. The maximum absolute atomic E-state index is 12.8. The van der Waals surface area contributed by atoms with E-state index in [4.69, 9.17) is 4.74 Å². The van der Waals surface area contributed by atoms with Crippen molar-refractivity contribution in [3.8, 4) is 5.75 Å². The maximum Gasteiger partial charge on any atom is 0.261 e. The summed E-state index contributed by atoms with van der Waals surface area (Å²) >= 11 is 0. The molecule has 0 radical (unpaired) electrons. The van der Waals surface area contributed by atoms with Crippen LogP contribution >= 0.6 is 0 Å². The summed E-state index contributed by atoms with van der Waals surface area (Å²) in [5.74, 6) is 1.17. The van der Waals surface area contributed by atoms with Crippen molar-refractivity contribution in [2.45, 2.75) is 39.5 Å². The maximum atomic E-state index is 12.8. The number of carbonyl (C=O) groups excluding carboxylic acids is 1. The first-order valence-corrected chi connectivity index (χ1v) is 9.66. The molecule has 1 aromatic heterocycles. The van der Waals surface area contributed by atoms with E-state index in [0.717, 1.165) is 29.8 Å². The molecule has 144 valence electrons. The summed E-state index contributed by atoms with van der Waals surface area (Å²) in [5, 5.41) is 0. The first kappa shape index (κ1) is 19.2. The van der Waals surface area contributed by atoms with Crippen LogP contribution in [0.3, 0.4) is 0 Å². The van der Waals surface area contributed by atoms with Crippen LogP contribution in [0.15, 0.2) is 41.2 Å². The van der Waals surface area contributed by atoms with Crippen LogP contribution in [0.4, 0.5) is 0 Å². The number of aromatic amines is 1. The molecule has 0 spiro atoms. The summed E-state index contributed by atoms with van der Waals surface area (Å²) in [6.07, 6.45) is 1.95. The molecule has 1 saturated heterocycles. The van der Waals surface area contributed by atoms with Crippen molar-refractivity contribution < 1.29 is 9.53 Å². The number of carbonyl (C=O) groups is 1. The third-order valence-electron chi connectivity index (χ3n) is 5.07. The fourth-order valence-corrected chi connectivity index (χ4v) is 3.47. The Hall–Kier alpha value is -2.56. The van der Waals surface area contributed by atoms with Crippen molar-refractivity contribution in [2.24, 2.45) is 5.92 Å². The molecule has 0 saturated carbocycles. The number of ether oxygens (including phenoxy) is 1. The summed E-state index contributed by atoms with van der Waals surface area (Å²) in [6, 6.07) is 11.5. The topological polar surface area (TPSA) is 62.4 Å². The van der Waals surface area contributed by atoms with Crippen molar-refractivity contribution in [3.63, 3.8) is 0 Å². The van der Waals surface area contributed by atoms with Crippen molar-refractivity contribution in [1.29, 1.82) is 0 Å².